The Bertz CT molecular complexity index is 1590. The highest BCUT2D eigenvalue weighted by Gasteiger charge is 2.36. The standard InChI is InChI=1S/C38H37NO6/c40-24-27-9-11-28(12-10-27)26-44-38(42)32-15-13-29(14-16-32)25-43-34-8-4-7-33(21-34)35(30-5-2-1-3-6-30)22-37(41)45-36-23-39-19-17-31(36)18-20-39/h1-16,21,24,31,35-36H,17-20,22-23,25-26H2/t35-,36-/m0/s1. The van der Waals surface area contributed by atoms with Gasteiger partial charge in [0.05, 0.1) is 12.0 Å². The van der Waals surface area contributed by atoms with Crippen molar-refractivity contribution in [1.82, 2.24) is 4.90 Å². The summed E-state index contributed by atoms with van der Waals surface area (Å²) in [4.78, 5) is 39.0. The van der Waals surface area contributed by atoms with Gasteiger partial charge in [-0.05, 0) is 78.4 Å². The Balaban J connectivity index is 1.06. The van der Waals surface area contributed by atoms with E-state index >= 15 is 0 Å². The Hall–Kier alpha value is -4.75. The molecule has 45 heavy (non-hydrogen) atoms. The third kappa shape index (κ3) is 7.86. The molecule has 0 spiro atoms. The van der Waals surface area contributed by atoms with Crippen LogP contribution in [0.5, 0.6) is 5.75 Å². The minimum Gasteiger partial charge on any atom is -0.489 e. The van der Waals surface area contributed by atoms with Crippen molar-refractivity contribution in [3.05, 3.63) is 137 Å². The number of ether oxygens (including phenoxy) is 3. The molecule has 3 saturated heterocycles. The monoisotopic (exact) mass is 603 g/mol. The normalized spacial score (nSPS) is 19.3. The number of esters is 2. The third-order valence-corrected chi connectivity index (χ3v) is 8.79. The summed E-state index contributed by atoms with van der Waals surface area (Å²) in [5, 5.41) is 0. The van der Waals surface area contributed by atoms with Crippen LogP contribution < -0.4 is 4.74 Å². The van der Waals surface area contributed by atoms with Crippen LogP contribution >= 0.6 is 0 Å². The first-order chi connectivity index (χ1) is 22.0. The summed E-state index contributed by atoms with van der Waals surface area (Å²) in [5.41, 5.74) is 4.78. The number of hydrogen-bond acceptors (Lipinski definition) is 7. The number of rotatable bonds is 12. The highest BCUT2D eigenvalue weighted by Crippen LogP contribution is 2.33. The van der Waals surface area contributed by atoms with Gasteiger partial charge in [-0.25, -0.2) is 4.79 Å². The fourth-order valence-corrected chi connectivity index (χ4v) is 6.19. The molecule has 0 aliphatic carbocycles. The minimum absolute atomic E-state index is 0.0130. The summed E-state index contributed by atoms with van der Waals surface area (Å²) >= 11 is 0. The van der Waals surface area contributed by atoms with Crippen LogP contribution in [-0.2, 0) is 27.5 Å². The SMILES string of the molecule is O=Cc1ccc(COC(=O)c2ccc(COc3cccc([C@@H](CC(=O)O[C@H]4CN5CCC4CC5)c4ccccc4)c3)cc2)cc1. The lowest BCUT2D eigenvalue weighted by molar-refractivity contribution is -0.159. The van der Waals surface area contributed by atoms with Crippen LogP contribution in [0.15, 0.2) is 103 Å². The van der Waals surface area contributed by atoms with E-state index in [1.807, 2.05) is 54.6 Å². The van der Waals surface area contributed by atoms with Crippen LogP contribution in [-0.4, -0.2) is 48.9 Å². The molecule has 4 aromatic rings. The highest BCUT2D eigenvalue weighted by molar-refractivity contribution is 5.89. The van der Waals surface area contributed by atoms with Crippen LogP contribution in [0.4, 0.5) is 0 Å². The molecule has 3 aliphatic heterocycles. The fraction of sp³-hybridized carbons (Fsp3) is 0.289. The molecule has 0 amide bonds. The molecule has 7 heteroatoms. The maximum Gasteiger partial charge on any atom is 0.338 e. The van der Waals surface area contributed by atoms with Crippen molar-refractivity contribution in [2.45, 2.75) is 44.5 Å². The van der Waals surface area contributed by atoms with E-state index in [1.54, 1.807) is 36.4 Å². The molecule has 0 aromatic heterocycles. The van der Waals surface area contributed by atoms with Gasteiger partial charge in [-0.15, -0.1) is 0 Å². The van der Waals surface area contributed by atoms with Gasteiger partial charge in [0, 0.05) is 18.0 Å². The lowest BCUT2D eigenvalue weighted by Gasteiger charge is -2.44. The van der Waals surface area contributed by atoms with E-state index in [-0.39, 0.29) is 31.0 Å². The summed E-state index contributed by atoms with van der Waals surface area (Å²) in [6, 6.07) is 32.0. The number of piperidine rings is 3. The van der Waals surface area contributed by atoms with E-state index in [4.69, 9.17) is 14.2 Å². The molecule has 2 atom stereocenters. The van der Waals surface area contributed by atoms with E-state index in [0.717, 1.165) is 61.0 Å². The van der Waals surface area contributed by atoms with Crippen molar-refractivity contribution in [2.24, 2.45) is 5.92 Å². The first-order valence-electron chi connectivity index (χ1n) is 15.5. The van der Waals surface area contributed by atoms with E-state index < -0.39 is 5.97 Å². The molecule has 0 unspecified atom stereocenters. The second-order valence-electron chi connectivity index (χ2n) is 11.8. The number of fused-ring (bicyclic) bond motifs is 3. The van der Waals surface area contributed by atoms with Crippen molar-refractivity contribution < 1.29 is 28.6 Å². The lowest BCUT2D eigenvalue weighted by Crippen LogP contribution is -2.52. The topological polar surface area (TPSA) is 82.1 Å². The summed E-state index contributed by atoms with van der Waals surface area (Å²) in [7, 11) is 0. The molecule has 7 rings (SSSR count). The summed E-state index contributed by atoms with van der Waals surface area (Å²) in [6.07, 6.45) is 3.23. The largest absolute Gasteiger partial charge is 0.489 e. The van der Waals surface area contributed by atoms with Gasteiger partial charge in [-0.3, -0.25) is 14.5 Å². The first kappa shape index (κ1) is 30.3. The molecule has 4 aromatic carbocycles. The van der Waals surface area contributed by atoms with Gasteiger partial charge in [0.25, 0.3) is 0 Å². The zero-order valence-electron chi connectivity index (χ0n) is 25.2. The quantitative estimate of drug-likeness (QED) is 0.133. The average molecular weight is 604 g/mol. The molecule has 3 fully saturated rings. The van der Waals surface area contributed by atoms with Gasteiger partial charge < -0.3 is 14.2 Å². The molecule has 3 heterocycles. The molecule has 0 radical (unpaired) electrons. The van der Waals surface area contributed by atoms with Crippen LogP contribution in [0.1, 0.15) is 68.2 Å². The molecule has 230 valence electrons. The molecule has 0 saturated carbocycles. The number of aldehydes is 1. The maximum absolute atomic E-state index is 13.2. The minimum atomic E-state index is -0.423. The Morgan fingerprint density at radius 1 is 0.800 bits per heavy atom. The highest BCUT2D eigenvalue weighted by atomic mass is 16.5. The number of carbonyl (C=O) groups is 3. The van der Waals surface area contributed by atoms with Crippen LogP contribution in [0, 0.1) is 5.92 Å². The lowest BCUT2D eigenvalue weighted by atomic mass is 9.85. The summed E-state index contributed by atoms with van der Waals surface area (Å²) in [6.45, 7) is 3.50. The smallest absolute Gasteiger partial charge is 0.338 e. The average Bonchev–Trinajstić information content (AvgIpc) is 3.10. The van der Waals surface area contributed by atoms with Crippen molar-refractivity contribution in [3.8, 4) is 5.75 Å². The molecule has 7 nitrogen and oxygen atoms in total. The van der Waals surface area contributed by atoms with Crippen LogP contribution in [0.25, 0.3) is 0 Å². The van der Waals surface area contributed by atoms with E-state index in [1.165, 1.54) is 0 Å². The van der Waals surface area contributed by atoms with Crippen molar-refractivity contribution in [1.29, 1.82) is 0 Å². The van der Waals surface area contributed by atoms with Gasteiger partial charge in [0.2, 0.25) is 0 Å². The predicted molar refractivity (Wildman–Crippen MR) is 170 cm³/mol. The number of nitrogens with zero attached hydrogens (tertiary/aromatic N) is 1. The third-order valence-electron chi connectivity index (χ3n) is 8.79. The zero-order valence-corrected chi connectivity index (χ0v) is 25.2. The van der Waals surface area contributed by atoms with E-state index in [2.05, 4.69) is 17.0 Å². The molecule has 0 N–H and O–H groups in total. The number of carbonyl (C=O) groups excluding carboxylic acids is 3. The second-order valence-corrected chi connectivity index (χ2v) is 11.8. The van der Waals surface area contributed by atoms with Crippen LogP contribution in [0.2, 0.25) is 0 Å². The van der Waals surface area contributed by atoms with Gasteiger partial charge in [0.1, 0.15) is 31.4 Å². The number of hydrogen-bond donors (Lipinski definition) is 0. The summed E-state index contributed by atoms with van der Waals surface area (Å²) in [5.74, 6) is 0.426. The van der Waals surface area contributed by atoms with E-state index in [9.17, 15) is 14.4 Å². The molecular weight excluding hydrogens is 566 g/mol. The van der Waals surface area contributed by atoms with Gasteiger partial charge >= 0.3 is 11.9 Å². The Morgan fingerprint density at radius 2 is 1.49 bits per heavy atom. The van der Waals surface area contributed by atoms with E-state index in [0.29, 0.717) is 29.4 Å². The predicted octanol–water partition coefficient (Wildman–Crippen LogP) is 6.59. The molecule has 3 aliphatic rings. The number of benzene rings is 4. The van der Waals surface area contributed by atoms with Crippen molar-refractivity contribution in [2.75, 3.05) is 19.6 Å². The first-order valence-corrected chi connectivity index (χ1v) is 15.5. The van der Waals surface area contributed by atoms with Crippen molar-refractivity contribution >= 4 is 18.2 Å². The Morgan fingerprint density at radius 3 is 2.18 bits per heavy atom. The Labute approximate surface area is 263 Å². The summed E-state index contributed by atoms with van der Waals surface area (Å²) < 4.78 is 17.6. The second kappa shape index (κ2) is 14.4. The Kier molecular flexibility index (Phi) is 9.66. The fourth-order valence-electron chi connectivity index (χ4n) is 6.19. The van der Waals surface area contributed by atoms with Gasteiger partial charge in [-0.1, -0.05) is 78.9 Å². The van der Waals surface area contributed by atoms with Gasteiger partial charge in [0.15, 0.2) is 0 Å². The van der Waals surface area contributed by atoms with Crippen LogP contribution in [0.3, 0.4) is 0 Å². The molecular formula is C38H37NO6. The van der Waals surface area contributed by atoms with Gasteiger partial charge in [-0.2, -0.15) is 0 Å². The molecule has 2 bridgehead atoms. The maximum atomic E-state index is 13.2. The zero-order chi connectivity index (χ0) is 31.0. The van der Waals surface area contributed by atoms with Crippen molar-refractivity contribution in [3.63, 3.8) is 0 Å².